The third-order valence-corrected chi connectivity index (χ3v) is 5.86. The summed E-state index contributed by atoms with van der Waals surface area (Å²) in [4.78, 5) is 25.8. The molecule has 0 amide bonds. The fourth-order valence-corrected chi connectivity index (χ4v) is 4.27. The number of nitrogens with one attached hydrogen (secondary N) is 1. The van der Waals surface area contributed by atoms with Crippen molar-refractivity contribution in [3.05, 3.63) is 62.2 Å². The number of benzene rings is 1. The summed E-state index contributed by atoms with van der Waals surface area (Å²) in [6.07, 6.45) is 0.876. The van der Waals surface area contributed by atoms with Crippen LogP contribution >= 0.6 is 8.60 Å². The Balaban J connectivity index is 0.000000914. The van der Waals surface area contributed by atoms with Gasteiger partial charge >= 0.3 is 14.3 Å². The molecule has 14 heteroatoms. The second-order valence-electron chi connectivity index (χ2n) is 6.92. The Bertz CT molecular complexity index is 1050. The molecule has 2 aromatic rings. The fourth-order valence-electron chi connectivity index (χ4n) is 3.17. The number of hydrogen-bond donors (Lipinski definition) is 3. The Labute approximate surface area is 193 Å². The highest BCUT2D eigenvalue weighted by Gasteiger charge is 2.41. The fraction of sp³-hybridized carbons (Fsp3) is 0.474. The lowest BCUT2D eigenvalue weighted by atomic mass is 9.61. The predicted molar refractivity (Wildman–Crippen MR) is 120 cm³/mol. The van der Waals surface area contributed by atoms with Crippen molar-refractivity contribution < 1.29 is 32.9 Å². The Morgan fingerprint density at radius 3 is 2.64 bits per heavy atom. The van der Waals surface area contributed by atoms with Crippen LogP contribution in [0.5, 0.6) is 5.75 Å². The van der Waals surface area contributed by atoms with Crippen LogP contribution in [0, 0.1) is 12.7 Å². The van der Waals surface area contributed by atoms with Crippen LogP contribution in [0.4, 0.5) is 4.39 Å². The maximum atomic E-state index is 13.3. The molecular formula is C19H24B2FN2O8P. The maximum absolute atomic E-state index is 13.3. The van der Waals surface area contributed by atoms with Crippen molar-refractivity contribution in [2.45, 2.75) is 44.1 Å². The SMILES string of the molecule is CO.CO.[B]C([B])(OP1OCc2cc(F)ccc2O1)C1CCC(n2cc(C)c(=O)[nH]c2=O)O1. The van der Waals surface area contributed by atoms with Crippen molar-refractivity contribution in [2.24, 2.45) is 0 Å². The normalized spacial score (nSPS) is 21.6. The molecular weight excluding hydrogens is 456 g/mol. The summed E-state index contributed by atoms with van der Waals surface area (Å²) >= 11 is 0. The topological polar surface area (TPSA) is 132 Å². The molecule has 1 saturated heterocycles. The molecule has 176 valence electrons. The zero-order valence-electron chi connectivity index (χ0n) is 18.4. The molecule has 1 aromatic carbocycles. The molecule has 2 aliphatic rings. The summed E-state index contributed by atoms with van der Waals surface area (Å²) in [7, 11) is 12.3. The van der Waals surface area contributed by atoms with Crippen molar-refractivity contribution in [3.63, 3.8) is 0 Å². The zero-order valence-corrected chi connectivity index (χ0v) is 19.3. The Hall–Kier alpha value is -2.01. The van der Waals surface area contributed by atoms with Gasteiger partial charge in [0.15, 0.2) is 0 Å². The standard InChI is InChI=1S/C17H16B2FN2O6P.2CH4O/c1-9-7-22(16(24)21-15(9)23)14-5-4-13(26-14)17(18,19)28-29-25-8-10-6-11(20)2-3-12(10)27-29;2*1-2/h2-3,6-7,13-14H,4-5,8H2,1H3,(H,21,23,24);2*2H,1H3. The van der Waals surface area contributed by atoms with Crippen LogP contribution < -0.4 is 15.8 Å². The largest absolute Gasteiger partial charge is 0.426 e. The first-order valence-corrected chi connectivity index (χ1v) is 10.9. The molecule has 1 fully saturated rings. The predicted octanol–water partition coefficient (Wildman–Crippen LogP) is 0.722. The summed E-state index contributed by atoms with van der Waals surface area (Å²) in [6, 6.07) is 4.06. The zero-order chi connectivity index (χ0) is 24.8. The average Bonchev–Trinajstić information content (AvgIpc) is 3.30. The second-order valence-corrected chi connectivity index (χ2v) is 7.99. The van der Waals surface area contributed by atoms with E-state index in [4.69, 9.17) is 44.2 Å². The molecule has 3 heterocycles. The lowest BCUT2D eigenvalue weighted by molar-refractivity contribution is -0.0469. The van der Waals surface area contributed by atoms with Crippen LogP contribution in [-0.2, 0) is 20.4 Å². The number of hydrogen-bond acceptors (Lipinski definition) is 8. The number of rotatable bonds is 4. The van der Waals surface area contributed by atoms with E-state index < -0.39 is 43.4 Å². The summed E-state index contributed by atoms with van der Waals surface area (Å²) < 4.78 is 37.1. The molecule has 3 N–H and O–H groups in total. The number of fused-ring (bicyclic) bond motifs is 1. The minimum Gasteiger partial charge on any atom is -0.426 e. The van der Waals surface area contributed by atoms with E-state index in [1.165, 1.54) is 29.0 Å². The van der Waals surface area contributed by atoms with Crippen molar-refractivity contribution in [3.8, 4) is 5.75 Å². The first kappa shape index (κ1) is 27.2. The lowest BCUT2D eigenvalue weighted by Crippen LogP contribution is -2.46. The Morgan fingerprint density at radius 1 is 1.24 bits per heavy atom. The van der Waals surface area contributed by atoms with E-state index in [2.05, 4.69) is 4.98 Å². The molecule has 4 radical (unpaired) electrons. The smallest absolute Gasteiger partial charge is 0.396 e. The number of aryl methyl sites for hydroxylation is 1. The van der Waals surface area contributed by atoms with Crippen molar-refractivity contribution >= 4 is 24.3 Å². The van der Waals surface area contributed by atoms with Crippen molar-refractivity contribution in [1.29, 1.82) is 0 Å². The molecule has 33 heavy (non-hydrogen) atoms. The van der Waals surface area contributed by atoms with E-state index in [0.717, 1.165) is 14.2 Å². The van der Waals surface area contributed by atoms with Gasteiger partial charge in [0.25, 0.3) is 5.56 Å². The van der Waals surface area contributed by atoms with Gasteiger partial charge in [0.1, 0.15) is 33.5 Å². The first-order chi connectivity index (χ1) is 15.7. The maximum Gasteiger partial charge on any atom is 0.396 e. The monoisotopic (exact) mass is 480 g/mol. The first-order valence-electron chi connectivity index (χ1n) is 9.76. The van der Waals surface area contributed by atoms with Gasteiger partial charge in [-0.3, -0.25) is 18.9 Å². The average molecular weight is 480 g/mol. The van der Waals surface area contributed by atoms with Gasteiger partial charge < -0.3 is 24.0 Å². The Morgan fingerprint density at radius 2 is 1.94 bits per heavy atom. The number of aromatic amines is 1. The van der Waals surface area contributed by atoms with Crippen LogP contribution in [-0.4, -0.2) is 61.2 Å². The highest BCUT2D eigenvalue weighted by Crippen LogP contribution is 2.50. The number of aromatic nitrogens is 2. The Kier molecular flexibility index (Phi) is 9.83. The van der Waals surface area contributed by atoms with E-state index in [-0.39, 0.29) is 6.61 Å². The number of aliphatic hydroxyl groups is 2. The van der Waals surface area contributed by atoms with Gasteiger partial charge in [0, 0.05) is 36.9 Å². The van der Waals surface area contributed by atoms with E-state index in [9.17, 15) is 14.0 Å². The van der Waals surface area contributed by atoms with Gasteiger partial charge in [-0.25, -0.2) is 9.18 Å². The third-order valence-electron chi connectivity index (χ3n) is 4.71. The number of aliphatic hydroxyl groups excluding tert-OH is 2. The molecule has 4 rings (SSSR count). The van der Waals surface area contributed by atoms with Gasteiger partial charge in [-0.05, 0) is 38.0 Å². The van der Waals surface area contributed by atoms with Crippen LogP contribution in [0.1, 0.15) is 30.2 Å². The van der Waals surface area contributed by atoms with Gasteiger partial charge in [0.05, 0.1) is 12.7 Å². The van der Waals surface area contributed by atoms with Crippen LogP contribution in [0.15, 0.2) is 34.0 Å². The van der Waals surface area contributed by atoms with E-state index in [0.29, 0.717) is 29.7 Å². The summed E-state index contributed by atoms with van der Waals surface area (Å²) in [5.41, 5.74) is -0.108. The van der Waals surface area contributed by atoms with Crippen molar-refractivity contribution in [2.75, 3.05) is 14.2 Å². The van der Waals surface area contributed by atoms with Crippen LogP contribution in [0.3, 0.4) is 0 Å². The van der Waals surface area contributed by atoms with Crippen molar-refractivity contribution in [1.82, 2.24) is 9.55 Å². The molecule has 1 aromatic heterocycles. The molecule has 0 saturated carbocycles. The van der Waals surface area contributed by atoms with E-state index in [1.807, 2.05) is 0 Å². The highest BCUT2D eigenvalue weighted by atomic mass is 31.2. The van der Waals surface area contributed by atoms with E-state index >= 15 is 0 Å². The minimum atomic E-state index is -1.92. The van der Waals surface area contributed by atoms with Crippen LogP contribution in [0.25, 0.3) is 0 Å². The summed E-state index contributed by atoms with van der Waals surface area (Å²) in [5, 5.41) is 12.2. The number of H-pyrrole nitrogens is 1. The molecule has 0 aliphatic carbocycles. The lowest BCUT2D eigenvalue weighted by Gasteiger charge is -2.36. The summed E-state index contributed by atoms with van der Waals surface area (Å²) in [6.45, 7) is 1.68. The number of ether oxygens (including phenoxy) is 1. The molecule has 3 atom stereocenters. The third kappa shape index (κ3) is 6.53. The van der Waals surface area contributed by atoms with E-state index in [1.54, 1.807) is 6.92 Å². The van der Waals surface area contributed by atoms with Gasteiger partial charge in [-0.2, -0.15) is 0 Å². The number of nitrogens with zero attached hydrogens (tertiary/aromatic N) is 1. The van der Waals surface area contributed by atoms with Gasteiger partial charge in [-0.15, -0.1) is 0 Å². The minimum absolute atomic E-state index is 0.0923. The molecule has 3 unspecified atom stereocenters. The van der Waals surface area contributed by atoms with Gasteiger partial charge in [-0.1, -0.05) is 0 Å². The molecule has 0 bridgehead atoms. The quantitative estimate of drug-likeness (QED) is 0.431. The highest BCUT2D eigenvalue weighted by molar-refractivity contribution is 7.42. The second kappa shape index (κ2) is 11.9. The van der Waals surface area contributed by atoms with Crippen LogP contribution in [0.2, 0.25) is 0 Å². The molecule has 0 spiro atoms. The molecule has 10 nitrogen and oxygen atoms in total. The number of halogens is 1. The summed E-state index contributed by atoms with van der Waals surface area (Å²) in [5.74, 6) is 0.0354. The molecule has 2 aliphatic heterocycles. The van der Waals surface area contributed by atoms with Gasteiger partial charge in [0.2, 0.25) is 0 Å².